The number of nitrogens with zero attached hydrogens (tertiary/aromatic N) is 2. The number of amides is 1. The monoisotopic (exact) mass is 341 g/mol. The maximum Gasteiger partial charge on any atom is 0.274 e. The maximum atomic E-state index is 13.1. The van der Waals surface area contributed by atoms with E-state index >= 15 is 0 Å². The number of hydrogen-bond acceptors (Lipinski definition) is 4. The lowest BCUT2D eigenvalue weighted by atomic mass is 10.1. The number of ether oxygens (including phenoxy) is 1. The van der Waals surface area contributed by atoms with Gasteiger partial charge in [0, 0.05) is 18.5 Å². The van der Waals surface area contributed by atoms with Crippen LogP contribution in [0.25, 0.3) is 10.8 Å². The molecule has 0 aliphatic carbocycles. The minimum absolute atomic E-state index is 0.113. The van der Waals surface area contributed by atoms with Crippen LogP contribution in [0, 0.1) is 5.82 Å². The molecule has 1 aromatic heterocycles. The highest BCUT2D eigenvalue weighted by atomic mass is 19.1. The quantitative estimate of drug-likeness (QED) is 0.770. The van der Waals surface area contributed by atoms with Crippen molar-refractivity contribution in [2.24, 2.45) is 0 Å². The molecule has 6 nitrogen and oxygen atoms in total. The Kier molecular flexibility index (Phi) is 4.74. The first-order chi connectivity index (χ1) is 12.1. The first-order valence-electron chi connectivity index (χ1n) is 7.70. The number of aromatic nitrogens is 2. The molecule has 0 saturated heterocycles. The number of halogens is 1. The van der Waals surface area contributed by atoms with Gasteiger partial charge < -0.3 is 10.1 Å². The third kappa shape index (κ3) is 3.50. The summed E-state index contributed by atoms with van der Waals surface area (Å²) >= 11 is 0. The highest BCUT2D eigenvalue weighted by Gasteiger charge is 2.15. The van der Waals surface area contributed by atoms with Gasteiger partial charge in [0.25, 0.3) is 11.5 Å². The largest absolute Gasteiger partial charge is 0.492 e. The van der Waals surface area contributed by atoms with Gasteiger partial charge in [0.1, 0.15) is 18.2 Å². The van der Waals surface area contributed by atoms with Crippen LogP contribution in [-0.2, 0) is 6.54 Å². The second kappa shape index (κ2) is 7.12. The van der Waals surface area contributed by atoms with E-state index in [1.54, 1.807) is 30.3 Å². The molecule has 0 saturated carbocycles. The highest BCUT2D eigenvalue weighted by molar-refractivity contribution is 6.04. The summed E-state index contributed by atoms with van der Waals surface area (Å²) in [7, 11) is 1.50. The molecule has 0 atom stereocenters. The van der Waals surface area contributed by atoms with Gasteiger partial charge in [0.05, 0.1) is 11.9 Å². The van der Waals surface area contributed by atoms with Crippen molar-refractivity contribution in [2.75, 3.05) is 13.7 Å². The lowest BCUT2D eigenvalue weighted by molar-refractivity contribution is 0.0957. The lowest BCUT2D eigenvalue weighted by Crippen LogP contribution is -2.30. The maximum absolute atomic E-state index is 13.1. The number of hydrogen-bond donors (Lipinski definition) is 1. The number of rotatable bonds is 5. The Balaban J connectivity index is 1.89. The summed E-state index contributed by atoms with van der Waals surface area (Å²) in [6, 6.07) is 12.5. The van der Waals surface area contributed by atoms with Crippen LogP contribution in [0.2, 0.25) is 0 Å². The fraction of sp³-hybridized carbons (Fsp3) is 0.167. The molecule has 0 radical (unpaired) electrons. The van der Waals surface area contributed by atoms with E-state index in [1.807, 2.05) is 0 Å². The van der Waals surface area contributed by atoms with E-state index < -0.39 is 5.82 Å². The molecule has 0 aliphatic rings. The van der Waals surface area contributed by atoms with Gasteiger partial charge in [0.2, 0.25) is 0 Å². The fourth-order valence-corrected chi connectivity index (χ4v) is 2.48. The second-order valence-electron chi connectivity index (χ2n) is 5.31. The Morgan fingerprint density at radius 3 is 2.68 bits per heavy atom. The molecular weight excluding hydrogens is 325 g/mol. The van der Waals surface area contributed by atoms with Crippen LogP contribution in [0.4, 0.5) is 4.39 Å². The zero-order chi connectivity index (χ0) is 17.8. The average molecular weight is 341 g/mol. The summed E-state index contributed by atoms with van der Waals surface area (Å²) in [5, 5.41) is 7.58. The summed E-state index contributed by atoms with van der Waals surface area (Å²) in [6.45, 7) is 0.242. The van der Waals surface area contributed by atoms with Gasteiger partial charge in [-0.1, -0.05) is 24.3 Å². The summed E-state index contributed by atoms with van der Waals surface area (Å²) < 4.78 is 19.8. The van der Waals surface area contributed by atoms with Gasteiger partial charge in [-0.05, 0) is 18.2 Å². The predicted molar refractivity (Wildman–Crippen MR) is 91.3 cm³/mol. The molecule has 0 aliphatic heterocycles. The third-order valence-electron chi connectivity index (χ3n) is 3.68. The number of nitrogens with one attached hydrogen (secondary N) is 1. The molecule has 0 spiro atoms. The Morgan fingerprint density at radius 1 is 1.20 bits per heavy atom. The summed E-state index contributed by atoms with van der Waals surface area (Å²) in [5.41, 5.74) is -0.144. The lowest BCUT2D eigenvalue weighted by Gasteiger charge is -2.11. The van der Waals surface area contributed by atoms with Gasteiger partial charge in [0.15, 0.2) is 5.69 Å². The molecule has 25 heavy (non-hydrogen) atoms. The third-order valence-corrected chi connectivity index (χ3v) is 3.68. The van der Waals surface area contributed by atoms with Crippen LogP contribution < -0.4 is 15.6 Å². The average Bonchev–Trinajstić information content (AvgIpc) is 2.63. The predicted octanol–water partition coefficient (Wildman–Crippen LogP) is 1.97. The van der Waals surface area contributed by atoms with Crippen molar-refractivity contribution in [3.63, 3.8) is 0 Å². The van der Waals surface area contributed by atoms with Crippen LogP contribution >= 0.6 is 0 Å². The van der Waals surface area contributed by atoms with Crippen molar-refractivity contribution >= 4 is 16.7 Å². The molecular formula is C18H16FN3O3. The molecule has 0 bridgehead atoms. The molecule has 1 amide bonds. The summed E-state index contributed by atoms with van der Waals surface area (Å²) in [6.07, 6.45) is 0. The minimum Gasteiger partial charge on any atom is -0.492 e. The topological polar surface area (TPSA) is 73.2 Å². The van der Waals surface area contributed by atoms with Crippen LogP contribution in [-0.4, -0.2) is 29.3 Å². The standard InChI is InChI=1S/C18H16FN3O3/c1-20-17(23)16-14-7-2-3-8-15(14)18(24)22(21-16)9-10-25-13-6-4-5-12(19)11-13/h2-8,11H,9-10H2,1H3,(H,20,23). The normalized spacial score (nSPS) is 10.6. The van der Waals surface area contributed by atoms with Crippen molar-refractivity contribution < 1.29 is 13.9 Å². The molecule has 3 aromatic rings. The number of fused-ring (bicyclic) bond motifs is 1. The Labute approximate surface area is 142 Å². The number of carbonyl (C=O) groups excluding carboxylic acids is 1. The first kappa shape index (κ1) is 16.6. The molecule has 0 fully saturated rings. The smallest absolute Gasteiger partial charge is 0.274 e. The SMILES string of the molecule is CNC(=O)c1nn(CCOc2cccc(F)c2)c(=O)c2ccccc12. The zero-order valence-corrected chi connectivity index (χ0v) is 13.5. The summed E-state index contributed by atoms with van der Waals surface area (Å²) in [4.78, 5) is 24.6. The van der Waals surface area contributed by atoms with Crippen molar-refractivity contribution in [1.29, 1.82) is 0 Å². The minimum atomic E-state index is -0.402. The van der Waals surface area contributed by atoms with Gasteiger partial charge >= 0.3 is 0 Å². The van der Waals surface area contributed by atoms with E-state index in [4.69, 9.17) is 4.74 Å². The molecule has 7 heteroatoms. The number of benzene rings is 2. The second-order valence-corrected chi connectivity index (χ2v) is 5.31. The van der Waals surface area contributed by atoms with Crippen molar-refractivity contribution in [3.8, 4) is 5.75 Å². The van der Waals surface area contributed by atoms with Gasteiger partial charge in [-0.3, -0.25) is 9.59 Å². The van der Waals surface area contributed by atoms with E-state index in [1.165, 1.54) is 29.9 Å². The Bertz CT molecular complexity index is 985. The van der Waals surface area contributed by atoms with Gasteiger partial charge in [-0.15, -0.1) is 0 Å². The van der Waals surface area contributed by atoms with E-state index in [0.717, 1.165) is 0 Å². The van der Waals surface area contributed by atoms with Gasteiger partial charge in [-0.2, -0.15) is 5.10 Å². The molecule has 2 aromatic carbocycles. The van der Waals surface area contributed by atoms with E-state index in [-0.39, 0.29) is 30.3 Å². The zero-order valence-electron chi connectivity index (χ0n) is 13.5. The Morgan fingerprint density at radius 2 is 1.96 bits per heavy atom. The molecule has 128 valence electrons. The number of carbonyl (C=O) groups is 1. The first-order valence-corrected chi connectivity index (χ1v) is 7.70. The van der Waals surface area contributed by atoms with E-state index in [9.17, 15) is 14.0 Å². The van der Waals surface area contributed by atoms with Crippen LogP contribution in [0.1, 0.15) is 10.5 Å². The summed E-state index contributed by atoms with van der Waals surface area (Å²) in [5.74, 6) is -0.420. The molecule has 3 rings (SSSR count). The van der Waals surface area contributed by atoms with Crippen molar-refractivity contribution in [3.05, 3.63) is 70.4 Å². The van der Waals surface area contributed by atoms with Crippen LogP contribution in [0.3, 0.4) is 0 Å². The van der Waals surface area contributed by atoms with E-state index in [2.05, 4.69) is 10.4 Å². The highest BCUT2D eigenvalue weighted by Crippen LogP contribution is 2.14. The fourth-order valence-electron chi connectivity index (χ4n) is 2.48. The van der Waals surface area contributed by atoms with Crippen molar-refractivity contribution in [2.45, 2.75) is 6.54 Å². The molecule has 1 heterocycles. The Hall–Kier alpha value is -3.22. The van der Waals surface area contributed by atoms with Crippen molar-refractivity contribution in [1.82, 2.24) is 15.1 Å². The molecule has 1 N–H and O–H groups in total. The van der Waals surface area contributed by atoms with Gasteiger partial charge in [-0.25, -0.2) is 9.07 Å². The molecule has 0 unspecified atom stereocenters. The van der Waals surface area contributed by atoms with Crippen LogP contribution in [0.5, 0.6) is 5.75 Å². The van der Waals surface area contributed by atoms with Crippen LogP contribution in [0.15, 0.2) is 53.3 Å². The van der Waals surface area contributed by atoms with E-state index in [0.29, 0.717) is 16.5 Å².